The molecule has 156 valence electrons. The number of benzene rings is 2. The molecule has 6 nitrogen and oxygen atoms in total. The van der Waals surface area contributed by atoms with Gasteiger partial charge in [-0.05, 0) is 42.4 Å². The van der Waals surface area contributed by atoms with Gasteiger partial charge in [0.1, 0.15) is 0 Å². The molecule has 0 bridgehead atoms. The molecule has 1 aromatic heterocycles. The molecule has 8 heteroatoms. The zero-order chi connectivity index (χ0) is 20.8. The molecule has 1 fully saturated rings. The van der Waals surface area contributed by atoms with E-state index >= 15 is 0 Å². The lowest BCUT2D eigenvalue weighted by atomic mass is 10.2. The van der Waals surface area contributed by atoms with Crippen LogP contribution in [-0.2, 0) is 13.1 Å². The van der Waals surface area contributed by atoms with Crippen LogP contribution in [0.15, 0.2) is 59.1 Å². The first kappa shape index (κ1) is 20.8. The molecule has 1 aliphatic heterocycles. The maximum Gasteiger partial charge on any atom is 0.257 e. The quantitative estimate of drug-likeness (QED) is 0.601. The Morgan fingerprint density at radius 3 is 2.67 bits per heavy atom. The summed E-state index contributed by atoms with van der Waals surface area (Å²) in [6.07, 6.45) is 1.03. The van der Waals surface area contributed by atoms with Gasteiger partial charge in [0.15, 0.2) is 10.9 Å². The van der Waals surface area contributed by atoms with E-state index in [1.54, 1.807) is 0 Å². The third-order valence-electron chi connectivity index (χ3n) is 5.12. The van der Waals surface area contributed by atoms with Gasteiger partial charge in [0, 0.05) is 43.3 Å². The second-order valence-corrected chi connectivity index (χ2v) is 8.04. The smallest absolute Gasteiger partial charge is 0.257 e. The van der Waals surface area contributed by atoms with Crippen LogP contribution in [0.3, 0.4) is 0 Å². The van der Waals surface area contributed by atoms with Gasteiger partial charge in [-0.15, -0.1) is 0 Å². The van der Waals surface area contributed by atoms with Crippen LogP contribution in [0.1, 0.15) is 17.8 Å². The maximum absolute atomic E-state index is 6.23. The van der Waals surface area contributed by atoms with E-state index in [0.717, 1.165) is 53.9 Å². The summed E-state index contributed by atoms with van der Waals surface area (Å²) in [5, 5.41) is 9.01. The molecule has 0 unspecified atom stereocenters. The Bertz CT molecular complexity index is 980. The van der Waals surface area contributed by atoms with Gasteiger partial charge in [-0.25, -0.2) is 0 Å². The minimum absolute atomic E-state index is 0.562. The number of halogens is 1. The Hall–Kier alpha value is -2.48. The number of nitrogens with zero attached hydrogens (tertiary/aromatic N) is 4. The Morgan fingerprint density at radius 2 is 1.83 bits per heavy atom. The predicted molar refractivity (Wildman–Crippen MR) is 122 cm³/mol. The maximum atomic E-state index is 6.23. The highest BCUT2D eigenvalue weighted by atomic mass is 35.5. The highest BCUT2D eigenvalue weighted by Gasteiger charge is 2.19. The van der Waals surface area contributed by atoms with Gasteiger partial charge >= 0.3 is 0 Å². The zero-order valence-electron chi connectivity index (χ0n) is 16.6. The molecule has 1 saturated heterocycles. The predicted octanol–water partition coefficient (Wildman–Crippen LogP) is 3.97. The molecule has 0 saturated carbocycles. The highest BCUT2D eigenvalue weighted by molar-refractivity contribution is 7.80. The van der Waals surface area contributed by atoms with Crippen LogP contribution in [0.5, 0.6) is 0 Å². The monoisotopic (exact) mass is 441 g/mol. The lowest BCUT2D eigenvalue weighted by molar-refractivity contribution is 0.266. The lowest BCUT2D eigenvalue weighted by Gasteiger charge is -2.24. The van der Waals surface area contributed by atoms with Gasteiger partial charge in [0.25, 0.3) is 5.89 Å². The Morgan fingerprint density at radius 1 is 1.03 bits per heavy atom. The molecule has 0 aliphatic carbocycles. The second kappa shape index (κ2) is 10.0. The van der Waals surface area contributed by atoms with E-state index in [4.69, 9.17) is 28.3 Å². The van der Waals surface area contributed by atoms with E-state index in [-0.39, 0.29) is 0 Å². The number of rotatable bonds is 5. The average molecular weight is 442 g/mol. The fraction of sp³-hybridized carbons (Fsp3) is 0.318. The highest BCUT2D eigenvalue weighted by Crippen LogP contribution is 2.17. The molecule has 1 aliphatic rings. The number of nitrogens with one attached hydrogen (secondary N) is 1. The molecule has 0 spiro atoms. The largest absolute Gasteiger partial charge is 0.358 e. The van der Waals surface area contributed by atoms with Gasteiger partial charge in [0.05, 0.1) is 6.54 Å². The molecular weight excluding hydrogens is 418 g/mol. The van der Waals surface area contributed by atoms with Crippen LogP contribution in [-0.4, -0.2) is 51.2 Å². The van der Waals surface area contributed by atoms with Gasteiger partial charge in [0.2, 0.25) is 0 Å². The fourth-order valence-corrected chi connectivity index (χ4v) is 3.93. The minimum atomic E-state index is 0.562. The fourth-order valence-electron chi connectivity index (χ4n) is 3.47. The van der Waals surface area contributed by atoms with Crippen molar-refractivity contribution in [1.29, 1.82) is 0 Å². The summed E-state index contributed by atoms with van der Waals surface area (Å²) in [6, 6.07) is 17.7. The van der Waals surface area contributed by atoms with Gasteiger partial charge < -0.3 is 14.7 Å². The molecular formula is C22H24ClN5OS. The van der Waals surface area contributed by atoms with Crippen LogP contribution < -0.4 is 5.32 Å². The molecule has 2 aromatic carbocycles. The van der Waals surface area contributed by atoms with Crippen LogP contribution >= 0.6 is 23.8 Å². The van der Waals surface area contributed by atoms with Gasteiger partial charge in [-0.3, -0.25) is 4.90 Å². The number of thiocarbonyl (C=S) groups is 1. The van der Waals surface area contributed by atoms with Crippen LogP contribution in [0.4, 0.5) is 0 Å². The summed E-state index contributed by atoms with van der Waals surface area (Å²) in [7, 11) is 0. The van der Waals surface area contributed by atoms with Crippen LogP contribution in [0.2, 0.25) is 5.02 Å². The van der Waals surface area contributed by atoms with E-state index in [1.807, 2.05) is 54.6 Å². The Labute approximate surface area is 186 Å². The lowest BCUT2D eigenvalue weighted by Crippen LogP contribution is -2.41. The summed E-state index contributed by atoms with van der Waals surface area (Å²) in [6.45, 7) is 4.94. The summed E-state index contributed by atoms with van der Waals surface area (Å²) in [5.41, 5.74) is 1.98. The van der Waals surface area contributed by atoms with Crippen molar-refractivity contribution in [2.45, 2.75) is 19.5 Å². The van der Waals surface area contributed by atoms with Crippen molar-refractivity contribution in [1.82, 2.24) is 25.3 Å². The standard InChI is InChI=1S/C22H24ClN5OS/c23-19-10-5-4-9-18(19)15-24-22(30)28-12-6-11-27(13-14-28)16-20-25-21(29-26-20)17-7-2-1-3-8-17/h1-5,7-10H,6,11-16H2,(H,24,30). The summed E-state index contributed by atoms with van der Waals surface area (Å²) in [4.78, 5) is 9.11. The van der Waals surface area contributed by atoms with E-state index in [9.17, 15) is 0 Å². The van der Waals surface area contributed by atoms with E-state index in [0.29, 0.717) is 24.8 Å². The third kappa shape index (κ3) is 5.36. The molecule has 1 N–H and O–H groups in total. The van der Waals surface area contributed by atoms with Crippen molar-refractivity contribution in [2.24, 2.45) is 0 Å². The molecule has 30 heavy (non-hydrogen) atoms. The zero-order valence-corrected chi connectivity index (χ0v) is 18.2. The second-order valence-electron chi connectivity index (χ2n) is 7.25. The number of hydrogen-bond acceptors (Lipinski definition) is 5. The van der Waals surface area contributed by atoms with E-state index in [2.05, 4.69) is 25.3 Å². The molecule has 0 radical (unpaired) electrons. The van der Waals surface area contributed by atoms with Crippen molar-refractivity contribution in [3.63, 3.8) is 0 Å². The van der Waals surface area contributed by atoms with Crippen LogP contribution in [0.25, 0.3) is 11.5 Å². The normalized spacial score (nSPS) is 15.0. The van der Waals surface area contributed by atoms with Gasteiger partial charge in [-0.1, -0.05) is 53.2 Å². The Kier molecular flexibility index (Phi) is 6.94. The third-order valence-corrected chi connectivity index (χ3v) is 5.89. The molecule has 0 amide bonds. The Balaban J connectivity index is 1.28. The first-order chi connectivity index (χ1) is 14.7. The molecule has 2 heterocycles. The van der Waals surface area contributed by atoms with Crippen molar-refractivity contribution < 1.29 is 4.52 Å². The average Bonchev–Trinajstić information content (AvgIpc) is 3.11. The summed E-state index contributed by atoms with van der Waals surface area (Å²) in [5.74, 6) is 1.27. The number of aromatic nitrogens is 2. The van der Waals surface area contributed by atoms with Gasteiger partial charge in [-0.2, -0.15) is 4.98 Å². The first-order valence-electron chi connectivity index (χ1n) is 10.1. The summed E-state index contributed by atoms with van der Waals surface area (Å²) < 4.78 is 5.43. The number of hydrogen-bond donors (Lipinski definition) is 1. The van der Waals surface area contributed by atoms with Crippen molar-refractivity contribution in [3.05, 3.63) is 71.0 Å². The summed E-state index contributed by atoms with van der Waals surface area (Å²) >= 11 is 11.8. The van der Waals surface area contributed by atoms with Crippen LogP contribution in [0, 0.1) is 0 Å². The van der Waals surface area contributed by atoms with Crippen molar-refractivity contribution >= 4 is 28.9 Å². The van der Waals surface area contributed by atoms with E-state index < -0.39 is 0 Å². The minimum Gasteiger partial charge on any atom is -0.358 e. The SMILES string of the molecule is S=C(NCc1ccccc1Cl)N1CCCN(Cc2noc(-c3ccccc3)n2)CC1. The van der Waals surface area contributed by atoms with Crippen molar-refractivity contribution in [2.75, 3.05) is 26.2 Å². The molecule has 3 aromatic rings. The first-order valence-corrected chi connectivity index (χ1v) is 10.8. The topological polar surface area (TPSA) is 57.4 Å². The van der Waals surface area contributed by atoms with Crippen molar-refractivity contribution in [3.8, 4) is 11.5 Å². The molecule has 4 rings (SSSR count). The molecule has 0 atom stereocenters. The van der Waals surface area contributed by atoms with E-state index in [1.165, 1.54) is 0 Å².